The van der Waals surface area contributed by atoms with Gasteiger partial charge >= 0.3 is 18.0 Å². The van der Waals surface area contributed by atoms with Gasteiger partial charge in [-0.3, -0.25) is 38.6 Å². The first kappa shape index (κ1) is 62.5. The molecule has 72 heavy (non-hydrogen) atoms. The monoisotopic (exact) mass is 1200 g/mol. The van der Waals surface area contributed by atoms with Crippen LogP contribution in [0.4, 0.5) is 16.2 Å². The predicted molar refractivity (Wildman–Crippen MR) is 282 cm³/mol. The molecule has 0 aromatic heterocycles. The van der Waals surface area contributed by atoms with Gasteiger partial charge in [-0.1, -0.05) is 81.7 Å². The average molecular weight is 1200 g/mol. The van der Waals surface area contributed by atoms with Crippen molar-refractivity contribution in [2.24, 2.45) is 11.8 Å². The van der Waals surface area contributed by atoms with Crippen molar-refractivity contribution in [1.82, 2.24) is 35.6 Å². The number of Topliss-reactive ketones (excluding diaryl/α,β-unsaturated/α-hetero) is 1. The third-order valence-corrected chi connectivity index (χ3v) is 13.3. The first-order chi connectivity index (χ1) is 33.9. The number of carbonyl (C=O) groups is 7. The summed E-state index contributed by atoms with van der Waals surface area (Å²) in [5.74, 6) is -3.29. The number of hydrogen-bond donors (Lipinski definition) is 7. The zero-order chi connectivity index (χ0) is 51.9. The maximum atomic E-state index is 13.8. The SMILES string of the molecule is CC[C@H](C)[C@H](CC(=O)[C@H](CCSC)NC(=O)Nc1ccc(CNC(=O)CN2CCN(CC(=O)O)CCN(CC(=O)O)CCN3CC(=O)O[C-]3C2)cc1)C(=O)NCCCC(=S)Cc1ccc(NC(C)=S)cc1.[Gd]. The van der Waals surface area contributed by atoms with Crippen LogP contribution < -0.4 is 26.6 Å². The van der Waals surface area contributed by atoms with E-state index in [0.29, 0.717) is 87.5 Å². The van der Waals surface area contributed by atoms with E-state index in [1.165, 1.54) is 0 Å². The quantitative estimate of drug-likeness (QED) is 0.0306. The molecule has 0 radical (unpaired) electrons. The average Bonchev–Trinajstić information content (AvgIpc) is 3.67. The molecule has 2 aromatic rings. The number of carbonyl (C=O) groups excluding carboxylic acids is 5. The molecule has 0 saturated carbocycles. The van der Waals surface area contributed by atoms with E-state index >= 15 is 0 Å². The second-order valence-corrected chi connectivity index (χ2v) is 20.1. The van der Waals surface area contributed by atoms with Gasteiger partial charge in [-0.15, -0.1) is 0 Å². The molecule has 0 aliphatic carbocycles. The molecule has 2 aromatic carbocycles. The largest absolute Gasteiger partial charge is 0.617 e. The molecule has 0 unspecified atom stereocenters. The number of carboxylic acids is 2. The second-order valence-electron chi connectivity index (χ2n) is 17.9. The van der Waals surface area contributed by atoms with Gasteiger partial charge in [-0.05, 0) is 90.9 Å². The number of nitrogens with zero attached hydrogens (tertiary/aromatic N) is 4. The molecule has 398 valence electrons. The van der Waals surface area contributed by atoms with E-state index in [-0.39, 0.29) is 122 Å². The van der Waals surface area contributed by atoms with E-state index in [2.05, 4.69) is 26.6 Å². The predicted octanol–water partition coefficient (Wildman–Crippen LogP) is 3.87. The summed E-state index contributed by atoms with van der Waals surface area (Å²) in [4.78, 5) is 97.9. The molecule has 3 atom stereocenters. The minimum absolute atomic E-state index is 0. The number of benzene rings is 2. The summed E-state index contributed by atoms with van der Waals surface area (Å²) in [5, 5.41) is 33.6. The molecule has 2 aliphatic rings. The fourth-order valence-corrected chi connectivity index (χ4v) is 8.95. The number of nitrogens with one attached hydrogen (secondary N) is 5. The van der Waals surface area contributed by atoms with Gasteiger partial charge in [-0.2, -0.15) is 11.8 Å². The number of thiocarbonyl (C=S) groups is 2. The molecule has 0 spiro atoms. The Labute approximate surface area is 470 Å². The number of esters is 1. The molecule has 4 amide bonds. The Bertz CT molecular complexity index is 2140. The molecule has 7 N–H and O–H groups in total. The zero-order valence-corrected chi connectivity index (χ0v) is 46.2. The number of amides is 4. The van der Waals surface area contributed by atoms with Gasteiger partial charge < -0.3 is 51.3 Å². The van der Waals surface area contributed by atoms with E-state index in [1.54, 1.807) is 55.6 Å². The number of carboxylic acid groups (broad SMARTS) is 2. The van der Waals surface area contributed by atoms with Crippen molar-refractivity contribution in [3.05, 3.63) is 65.9 Å². The maximum absolute atomic E-state index is 13.8. The van der Waals surface area contributed by atoms with Crippen LogP contribution in [0.25, 0.3) is 0 Å². The van der Waals surface area contributed by atoms with Crippen LogP contribution in [0.15, 0.2) is 48.5 Å². The van der Waals surface area contributed by atoms with E-state index in [1.807, 2.05) is 51.3 Å². The van der Waals surface area contributed by atoms with E-state index in [4.69, 9.17) is 29.2 Å². The molecule has 2 saturated heterocycles. The fourth-order valence-electron chi connectivity index (χ4n) is 8.05. The molecular formula is C49H70GdN9O10S3-. The fraction of sp³-hybridized carbons (Fsp3) is 0.551. The maximum Gasteiger partial charge on any atom is 0.319 e. The topological polar surface area (TPSA) is 242 Å². The molecule has 2 heterocycles. The van der Waals surface area contributed by atoms with Crippen molar-refractivity contribution >= 4 is 99.0 Å². The number of ketones is 1. The van der Waals surface area contributed by atoms with Crippen molar-refractivity contribution < 1.29 is 88.5 Å². The standard InChI is InChI=1S/C49H70N9O10S3.Gd/c1-5-33(2)40(48(66)50-17-6-7-39(70)25-35-8-12-37(13-9-35)52-34(3)69)26-42(59)41(16-24-71-4)54-49(67)53-38-14-10-36(11-15-38)27-51-43(60)28-57-21-20-55(30-45(61)62)18-19-56(31-46(63)64)22-23-58-32-47(65)68-44(58)29-57;/h8-15,33,40-41H,5-7,16-32H2,1-4H3,(H,50,66)(H,51,60)(H,52,69)(H,61,62)(H,63,64)(H2,53,54,67);/q-1;/t33-,40-,41-;/m0./s1. The molecule has 2 aliphatic heterocycles. The minimum Gasteiger partial charge on any atom is -0.617 e. The summed E-state index contributed by atoms with van der Waals surface area (Å²) < 4.78 is 5.50. The van der Waals surface area contributed by atoms with Crippen molar-refractivity contribution in [3.8, 4) is 0 Å². The molecule has 23 heteroatoms. The Morgan fingerprint density at radius 2 is 1.40 bits per heavy atom. The molecule has 2 fully saturated rings. The van der Waals surface area contributed by atoms with Crippen molar-refractivity contribution in [3.63, 3.8) is 0 Å². The summed E-state index contributed by atoms with van der Waals surface area (Å²) in [6.07, 6.45) is 5.30. The van der Waals surface area contributed by atoms with Gasteiger partial charge in [0.2, 0.25) is 11.8 Å². The first-order valence-corrected chi connectivity index (χ1v) is 26.1. The van der Waals surface area contributed by atoms with Gasteiger partial charge in [0, 0.05) is 116 Å². The van der Waals surface area contributed by atoms with Crippen LogP contribution in [0.3, 0.4) is 0 Å². The van der Waals surface area contributed by atoms with Crippen LogP contribution in [-0.4, -0.2) is 178 Å². The number of fused-ring (bicyclic) bond motifs is 1. The third kappa shape index (κ3) is 23.6. The number of rotatable bonds is 26. The normalized spacial score (nSPS) is 16.5. The van der Waals surface area contributed by atoms with Gasteiger partial charge in [0.25, 0.3) is 5.97 Å². The summed E-state index contributed by atoms with van der Waals surface area (Å²) in [6, 6.07) is 13.4. The smallest absolute Gasteiger partial charge is 0.319 e. The van der Waals surface area contributed by atoms with Gasteiger partial charge in [-0.25, -0.2) is 4.79 Å². The first-order valence-electron chi connectivity index (χ1n) is 23.9. The molecule has 4 rings (SSSR count). The van der Waals surface area contributed by atoms with Crippen LogP contribution in [0.5, 0.6) is 0 Å². The number of anilines is 2. The number of thioether (sulfide) groups is 1. The third-order valence-electron chi connectivity index (χ3n) is 12.2. The van der Waals surface area contributed by atoms with Crippen LogP contribution in [0, 0.1) is 58.0 Å². The zero-order valence-electron chi connectivity index (χ0n) is 41.5. The number of aliphatic carboxylic acids is 2. The van der Waals surface area contributed by atoms with Gasteiger partial charge in [0.15, 0.2) is 5.78 Å². The van der Waals surface area contributed by atoms with Crippen molar-refractivity contribution in [2.75, 3.05) is 101 Å². The Morgan fingerprint density at radius 1 is 0.819 bits per heavy atom. The summed E-state index contributed by atoms with van der Waals surface area (Å²) >= 11 is 12.3. The van der Waals surface area contributed by atoms with Crippen molar-refractivity contribution in [2.45, 2.75) is 71.9 Å². The Kier molecular flexibility index (Phi) is 28.8. The van der Waals surface area contributed by atoms with E-state index in [0.717, 1.165) is 21.7 Å². The summed E-state index contributed by atoms with van der Waals surface area (Å²) in [7, 11) is 0. The van der Waals surface area contributed by atoms with Gasteiger partial charge in [0.1, 0.15) is 0 Å². The Morgan fingerprint density at radius 3 is 1.99 bits per heavy atom. The van der Waals surface area contributed by atoms with Crippen LogP contribution in [0.1, 0.15) is 64.0 Å². The van der Waals surface area contributed by atoms with Crippen molar-refractivity contribution in [1.29, 1.82) is 0 Å². The van der Waals surface area contributed by atoms with Crippen LogP contribution in [0.2, 0.25) is 0 Å². The number of hydrogen-bond acceptors (Lipinski definition) is 15. The van der Waals surface area contributed by atoms with E-state index in [9.17, 15) is 43.8 Å². The summed E-state index contributed by atoms with van der Waals surface area (Å²) in [5.41, 5.74) is 3.22. The van der Waals surface area contributed by atoms with E-state index < -0.39 is 35.9 Å². The van der Waals surface area contributed by atoms with Gasteiger partial charge in [0.05, 0.1) is 37.2 Å². The van der Waals surface area contributed by atoms with Crippen LogP contribution in [-0.2, 0) is 46.5 Å². The number of ether oxygens (including phenoxy) is 1. The Balaban J connectivity index is 0.0000137. The Hall–Kier alpha value is -3.78. The minimum atomic E-state index is -1.04. The second kappa shape index (κ2) is 33.2. The summed E-state index contributed by atoms with van der Waals surface area (Å²) in [6.45, 7) is 7.55. The molecule has 0 bridgehead atoms. The number of urea groups is 1. The molecule has 19 nitrogen and oxygen atoms in total. The van der Waals surface area contributed by atoms with Crippen LogP contribution >= 0.6 is 36.2 Å². The molecular weight excluding hydrogens is 1130 g/mol.